The van der Waals surface area contributed by atoms with Gasteiger partial charge in [0.05, 0.1) is 25.6 Å². The number of aromatic nitrogens is 1. The number of ether oxygens (including phenoxy) is 1. The molecule has 0 saturated heterocycles. The smallest absolute Gasteiger partial charge is 0.167 e. The van der Waals surface area contributed by atoms with Gasteiger partial charge in [-0.15, -0.1) is 0 Å². The van der Waals surface area contributed by atoms with Crippen molar-refractivity contribution in [3.8, 4) is 5.75 Å². The molecule has 0 unspecified atom stereocenters. The molecule has 0 saturated carbocycles. The molecule has 8 heteroatoms. The lowest BCUT2D eigenvalue weighted by Gasteiger charge is -2.18. The molecule has 3 N–H and O–H groups in total. The number of aliphatic imine (C=N–C) groups is 1. The summed E-state index contributed by atoms with van der Waals surface area (Å²) in [4.78, 5) is 31.0. The van der Waals surface area contributed by atoms with Gasteiger partial charge in [0.25, 0.3) is 0 Å². The lowest BCUT2D eigenvalue weighted by Crippen LogP contribution is -2.29. The van der Waals surface area contributed by atoms with Gasteiger partial charge in [-0.05, 0) is 49.7 Å². The first-order valence-corrected chi connectivity index (χ1v) is 13.4. The van der Waals surface area contributed by atoms with E-state index in [1.165, 1.54) is 29.3 Å². The topological polar surface area (TPSA) is 110 Å². The zero-order chi connectivity index (χ0) is 30.3. The summed E-state index contributed by atoms with van der Waals surface area (Å²) in [6.45, 7) is 5.48. The number of hydrogen-bond acceptors (Lipinski definition) is 7. The number of allylic oxidation sites excluding steroid dienone is 1. The first-order chi connectivity index (χ1) is 19.9. The molecular formula is C33H43N5O3. The number of aldehydes is 2. The van der Waals surface area contributed by atoms with E-state index in [-0.39, 0.29) is 12.2 Å². The van der Waals surface area contributed by atoms with E-state index >= 15 is 0 Å². The Kier molecular flexibility index (Phi) is 17.9. The number of carbonyl (C=O) groups is 2. The summed E-state index contributed by atoms with van der Waals surface area (Å²) in [7, 11) is 5.37. The number of nitrogens with one attached hydrogen (secondary N) is 1. The molecule has 3 aromatic rings. The molecule has 1 heterocycles. The van der Waals surface area contributed by atoms with Crippen molar-refractivity contribution in [3.05, 3.63) is 113 Å². The number of pyridine rings is 1. The second-order valence-electron chi connectivity index (χ2n) is 8.98. The second kappa shape index (κ2) is 21.3. The summed E-state index contributed by atoms with van der Waals surface area (Å²) < 4.78 is 4.91. The quantitative estimate of drug-likeness (QED) is 0.149. The summed E-state index contributed by atoms with van der Waals surface area (Å²) in [5, 5.41) is 3.15. The van der Waals surface area contributed by atoms with E-state index in [0.717, 1.165) is 30.6 Å². The Morgan fingerprint density at radius 1 is 1.07 bits per heavy atom. The average molecular weight is 558 g/mol. The summed E-state index contributed by atoms with van der Waals surface area (Å²) >= 11 is 0. The number of likely N-dealkylation sites (N-methyl/N-ethyl adjacent to an activating group) is 2. The van der Waals surface area contributed by atoms with E-state index in [0.29, 0.717) is 12.1 Å². The van der Waals surface area contributed by atoms with E-state index in [4.69, 9.17) is 10.5 Å². The molecule has 218 valence electrons. The molecule has 0 atom stereocenters. The van der Waals surface area contributed by atoms with Gasteiger partial charge in [0, 0.05) is 31.5 Å². The van der Waals surface area contributed by atoms with Crippen molar-refractivity contribution in [2.24, 2.45) is 10.7 Å². The Morgan fingerprint density at radius 3 is 2.27 bits per heavy atom. The Hall–Kier alpha value is -4.56. The van der Waals surface area contributed by atoms with Crippen LogP contribution in [0, 0.1) is 0 Å². The van der Waals surface area contributed by atoms with Gasteiger partial charge in [-0.2, -0.15) is 0 Å². The van der Waals surface area contributed by atoms with E-state index < -0.39 is 0 Å². The number of nitrogens with two attached hydrogens (primary N) is 1. The highest BCUT2D eigenvalue weighted by molar-refractivity contribution is 5.99. The summed E-state index contributed by atoms with van der Waals surface area (Å²) in [5.74, 6) is 1.49. The van der Waals surface area contributed by atoms with Crippen LogP contribution >= 0.6 is 0 Å². The Labute approximate surface area is 244 Å². The van der Waals surface area contributed by atoms with E-state index in [1.807, 2.05) is 80.1 Å². The lowest BCUT2D eigenvalue weighted by molar-refractivity contribution is -0.108. The predicted molar refractivity (Wildman–Crippen MR) is 169 cm³/mol. The van der Waals surface area contributed by atoms with Crippen molar-refractivity contribution >= 4 is 24.5 Å². The maximum atomic E-state index is 10.6. The molecule has 1 aromatic heterocycles. The van der Waals surface area contributed by atoms with Crippen LogP contribution in [0.5, 0.6) is 5.75 Å². The number of methoxy groups -OCH3 is 1. The van der Waals surface area contributed by atoms with Crippen LogP contribution < -0.4 is 15.8 Å². The number of carbonyl (C=O) groups excluding carboxylic acids is 2. The number of aryl methyl sites for hydroxylation is 1. The second-order valence-corrected chi connectivity index (χ2v) is 8.98. The predicted octanol–water partition coefficient (Wildman–Crippen LogP) is 4.91. The molecule has 0 bridgehead atoms. The van der Waals surface area contributed by atoms with Crippen LogP contribution in [0.15, 0.2) is 102 Å². The zero-order valence-electron chi connectivity index (χ0n) is 24.8. The third-order valence-corrected chi connectivity index (χ3v) is 5.52. The minimum absolute atomic E-state index is 0.0305. The molecule has 41 heavy (non-hydrogen) atoms. The largest absolute Gasteiger partial charge is 0.497 e. The van der Waals surface area contributed by atoms with Crippen LogP contribution in [0.3, 0.4) is 0 Å². The molecule has 0 aliphatic heterocycles. The number of amidine groups is 1. The molecule has 0 radical (unpaired) electrons. The molecule has 0 amide bonds. The van der Waals surface area contributed by atoms with Crippen LogP contribution in [0.25, 0.3) is 6.08 Å². The van der Waals surface area contributed by atoms with Crippen molar-refractivity contribution in [2.75, 3.05) is 34.3 Å². The SMILES string of the molecule is CCCc1ccncc1/C=C(\C)CNC.CN(CC=O)C(=N/C=C(/N)C=O)c1ccccc1.COc1ccccc1. The normalized spacial score (nSPS) is 11.3. The Balaban J connectivity index is 0.000000328. The highest BCUT2D eigenvalue weighted by atomic mass is 16.5. The maximum Gasteiger partial charge on any atom is 0.167 e. The molecular weight excluding hydrogens is 514 g/mol. The van der Waals surface area contributed by atoms with Gasteiger partial charge in [0.2, 0.25) is 0 Å². The van der Waals surface area contributed by atoms with Gasteiger partial charge >= 0.3 is 0 Å². The number of hydrogen-bond donors (Lipinski definition) is 2. The van der Waals surface area contributed by atoms with Crippen molar-refractivity contribution in [2.45, 2.75) is 26.7 Å². The molecule has 0 aliphatic carbocycles. The van der Waals surface area contributed by atoms with Gasteiger partial charge in [-0.3, -0.25) is 9.78 Å². The van der Waals surface area contributed by atoms with Crippen LogP contribution in [-0.4, -0.2) is 62.6 Å². The number of rotatable bonds is 11. The summed E-state index contributed by atoms with van der Waals surface area (Å²) in [6.07, 6.45) is 10.9. The number of nitrogens with zero attached hydrogens (tertiary/aromatic N) is 3. The molecule has 0 aliphatic rings. The molecule has 3 rings (SSSR count). The number of para-hydroxylation sites is 1. The van der Waals surface area contributed by atoms with Crippen LogP contribution in [0.1, 0.15) is 37.0 Å². The lowest BCUT2D eigenvalue weighted by atomic mass is 10.0. The summed E-state index contributed by atoms with van der Waals surface area (Å²) in [6, 6.07) is 21.1. The van der Waals surface area contributed by atoms with Gasteiger partial charge in [0.15, 0.2) is 6.29 Å². The van der Waals surface area contributed by atoms with Gasteiger partial charge in [0.1, 0.15) is 17.9 Å². The fraction of sp³-hybridized carbons (Fsp3) is 0.273. The van der Waals surface area contributed by atoms with E-state index in [9.17, 15) is 9.59 Å². The zero-order valence-corrected chi connectivity index (χ0v) is 24.8. The minimum Gasteiger partial charge on any atom is -0.497 e. The Bertz CT molecular complexity index is 1240. The van der Waals surface area contributed by atoms with Crippen LogP contribution in [-0.2, 0) is 16.0 Å². The fourth-order valence-electron chi connectivity index (χ4n) is 3.56. The van der Waals surface area contributed by atoms with Crippen molar-refractivity contribution in [1.29, 1.82) is 0 Å². The monoisotopic (exact) mass is 557 g/mol. The highest BCUT2D eigenvalue weighted by Gasteiger charge is 2.07. The molecule has 0 fully saturated rings. The third-order valence-electron chi connectivity index (χ3n) is 5.52. The number of benzene rings is 2. The van der Waals surface area contributed by atoms with Crippen LogP contribution in [0.4, 0.5) is 0 Å². The molecule has 0 spiro atoms. The standard InChI is InChI=1S/C13H15N3O2.C13H20N2.C7H8O/c1-16(7-8-17)13(15-9-12(14)10-18)11-5-3-2-4-6-11;1-4-5-12-6-7-15-10-13(12)8-11(2)9-14-3;1-8-7-5-3-2-4-6-7/h2-6,8-10H,7,14H2,1H3;6-8,10,14H,4-5,9H2,1-3H3;2-6H,1H3/b12-9+,15-13?;11-8+;. The third kappa shape index (κ3) is 14.4. The molecule has 2 aromatic carbocycles. The van der Waals surface area contributed by atoms with Crippen molar-refractivity contribution in [1.82, 2.24) is 15.2 Å². The first-order valence-electron chi connectivity index (χ1n) is 13.4. The molecule has 8 nitrogen and oxygen atoms in total. The summed E-state index contributed by atoms with van der Waals surface area (Å²) in [5.41, 5.74) is 10.2. The van der Waals surface area contributed by atoms with E-state index in [2.05, 4.69) is 41.3 Å². The van der Waals surface area contributed by atoms with Crippen molar-refractivity contribution in [3.63, 3.8) is 0 Å². The fourth-order valence-corrected chi connectivity index (χ4v) is 3.56. The van der Waals surface area contributed by atoms with Gasteiger partial charge in [-0.1, -0.05) is 73.5 Å². The van der Waals surface area contributed by atoms with Crippen LogP contribution in [0.2, 0.25) is 0 Å². The first kappa shape index (κ1) is 34.5. The Morgan fingerprint density at radius 2 is 1.73 bits per heavy atom. The van der Waals surface area contributed by atoms with Gasteiger partial charge < -0.3 is 25.5 Å². The maximum absolute atomic E-state index is 10.6. The van der Waals surface area contributed by atoms with E-state index in [1.54, 1.807) is 19.1 Å². The van der Waals surface area contributed by atoms with Crippen molar-refractivity contribution < 1.29 is 14.3 Å². The average Bonchev–Trinajstić information content (AvgIpc) is 3.00. The van der Waals surface area contributed by atoms with Gasteiger partial charge in [-0.25, -0.2) is 4.99 Å². The highest BCUT2D eigenvalue weighted by Crippen LogP contribution is 2.13. The minimum atomic E-state index is 0.0305.